The first kappa shape index (κ1) is 19.2. The molecule has 6 nitrogen and oxygen atoms in total. The van der Waals surface area contributed by atoms with Gasteiger partial charge in [-0.3, -0.25) is 4.79 Å². The standard InChI is InChI=1S/C21H27N3O3S/c1-3-27-21(26)19-14-7-4-10-17(14)28-20(19)22-18(25)13-24-12-6-9-16(24)15-8-5-11-23(15)2/h5,8,11,16H,3-4,6-7,9-10,12-13H2,1-2H3,(H,22,25)/p+1/t16-/m1/s1. The van der Waals surface area contributed by atoms with E-state index in [1.54, 1.807) is 11.3 Å². The number of aromatic nitrogens is 1. The topological polar surface area (TPSA) is 64.8 Å². The second kappa shape index (κ2) is 8.09. The van der Waals surface area contributed by atoms with E-state index in [9.17, 15) is 9.59 Å². The largest absolute Gasteiger partial charge is 0.462 e. The van der Waals surface area contributed by atoms with Crippen molar-refractivity contribution in [3.63, 3.8) is 0 Å². The molecule has 1 saturated heterocycles. The lowest BCUT2D eigenvalue weighted by molar-refractivity contribution is -0.910. The predicted octanol–water partition coefficient (Wildman–Crippen LogP) is 2.11. The SMILES string of the molecule is CCOC(=O)c1c(NC(=O)C[NH+]2CCC[C@@H]2c2cccn2C)sc2c1CCC2. The maximum Gasteiger partial charge on any atom is 0.341 e. The van der Waals surface area contributed by atoms with Gasteiger partial charge in [0, 0.05) is 31.0 Å². The Labute approximate surface area is 169 Å². The Morgan fingerprint density at radius 2 is 2.21 bits per heavy atom. The molecule has 2 aromatic heterocycles. The summed E-state index contributed by atoms with van der Waals surface area (Å²) in [5.41, 5.74) is 2.94. The van der Waals surface area contributed by atoms with Crippen LogP contribution in [0.3, 0.4) is 0 Å². The number of anilines is 1. The number of hydrogen-bond donors (Lipinski definition) is 2. The molecule has 1 aliphatic carbocycles. The van der Waals surface area contributed by atoms with Crippen LogP contribution in [0.1, 0.15) is 58.7 Å². The Hall–Kier alpha value is -2.12. The summed E-state index contributed by atoms with van der Waals surface area (Å²) in [6.45, 7) is 3.56. The molecular weight excluding hydrogens is 374 g/mol. The van der Waals surface area contributed by atoms with Gasteiger partial charge in [0.2, 0.25) is 0 Å². The summed E-state index contributed by atoms with van der Waals surface area (Å²) < 4.78 is 7.40. The number of amides is 1. The molecule has 150 valence electrons. The van der Waals surface area contributed by atoms with Crippen molar-refractivity contribution in [1.29, 1.82) is 0 Å². The number of nitrogens with zero attached hydrogens (tertiary/aromatic N) is 1. The van der Waals surface area contributed by atoms with Crippen LogP contribution >= 0.6 is 11.3 Å². The molecule has 0 aromatic carbocycles. The summed E-state index contributed by atoms with van der Waals surface area (Å²) in [6.07, 6.45) is 7.22. The van der Waals surface area contributed by atoms with Crippen molar-refractivity contribution in [2.75, 3.05) is 25.0 Å². The lowest BCUT2D eigenvalue weighted by atomic mass is 10.1. The molecule has 28 heavy (non-hydrogen) atoms. The highest BCUT2D eigenvalue weighted by molar-refractivity contribution is 7.17. The van der Waals surface area contributed by atoms with E-state index in [-0.39, 0.29) is 11.9 Å². The molecule has 1 amide bonds. The van der Waals surface area contributed by atoms with Gasteiger partial charge in [0.1, 0.15) is 11.0 Å². The molecule has 4 rings (SSSR count). The Morgan fingerprint density at radius 3 is 2.96 bits per heavy atom. The van der Waals surface area contributed by atoms with Crippen molar-refractivity contribution in [2.45, 2.75) is 45.1 Å². The Bertz CT molecular complexity index is 886. The minimum absolute atomic E-state index is 0.0263. The maximum atomic E-state index is 12.8. The minimum Gasteiger partial charge on any atom is -0.462 e. The number of likely N-dealkylation sites (tertiary alicyclic amines) is 1. The third kappa shape index (κ3) is 3.61. The van der Waals surface area contributed by atoms with E-state index in [2.05, 4.69) is 35.3 Å². The lowest BCUT2D eigenvalue weighted by Gasteiger charge is -2.21. The van der Waals surface area contributed by atoms with Crippen molar-refractivity contribution < 1.29 is 19.2 Å². The highest BCUT2D eigenvalue weighted by Crippen LogP contribution is 2.39. The first-order valence-electron chi connectivity index (χ1n) is 10.2. The van der Waals surface area contributed by atoms with Crippen LogP contribution in [0, 0.1) is 0 Å². The van der Waals surface area contributed by atoms with Crippen molar-refractivity contribution in [1.82, 2.24) is 4.57 Å². The average Bonchev–Trinajstić information content (AvgIpc) is 3.40. The number of quaternary nitrogens is 1. The van der Waals surface area contributed by atoms with Gasteiger partial charge in [0.15, 0.2) is 6.54 Å². The molecule has 0 bridgehead atoms. The van der Waals surface area contributed by atoms with Crippen LogP contribution in [0.25, 0.3) is 0 Å². The highest BCUT2D eigenvalue weighted by Gasteiger charge is 2.34. The quantitative estimate of drug-likeness (QED) is 0.728. The van der Waals surface area contributed by atoms with Crippen LogP contribution in [-0.4, -0.2) is 36.1 Å². The van der Waals surface area contributed by atoms with E-state index >= 15 is 0 Å². The normalized spacial score (nSPS) is 20.9. The van der Waals surface area contributed by atoms with Gasteiger partial charge in [-0.1, -0.05) is 0 Å². The fraction of sp³-hybridized carbons (Fsp3) is 0.524. The van der Waals surface area contributed by atoms with Gasteiger partial charge in [0.25, 0.3) is 5.91 Å². The Balaban J connectivity index is 1.48. The van der Waals surface area contributed by atoms with Crippen LogP contribution in [-0.2, 0) is 29.4 Å². The highest BCUT2D eigenvalue weighted by atomic mass is 32.1. The predicted molar refractivity (Wildman–Crippen MR) is 109 cm³/mol. The number of rotatable bonds is 6. The molecule has 2 aromatic rings. The van der Waals surface area contributed by atoms with Gasteiger partial charge in [-0.05, 0) is 43.9 Å². The number of thiophene rings is 1. The van der Waals surface area contributed by atoms with Gasteiger partial charge in [-0.15, -0.1) is 11.3 Å². The van der Waals surface area contributed by atoms with Crippen molar-refractivity contribution in [2.24, 2.45) is 7.05 Å². The van der Waals surface area contributed by atoms with E-state index in [4.69, 9.17) is 4.74 Å². The van der Waals surface area contributed by atoms with Crippen LogP contribution in [0.4, 0.5) is 5.00 Å². The number of carbonyl (C=O) groups is 2. The molecule has 2 N–H and O–H groups in total. The van der Waals surface area contributed by atoms with E-state index in [0.29, 0.717) is 29.8 Å². The maximum absolute atomic E-state index is 12.8. The van der Waals surface area contributed by atoms with Crippen molar-refractivity contribution >= 4 is 28.2 Å². The fourth-order valence-corrected chi connectivity index (χ4v) is 5.90. The molecule has 7 heteroatoms. The van der Waals surface area contributed by atoms with Crippen LogP contribution < -0.4 is 10.2 Å². The van der Waals surface area contributed by atoms with Gasteiger partial charge < -0.3 is 19.5 Å². The summed E-state index contributed by atoms with van der Waals surface area (Å²) in [7, 11) is 2.06. The second-order valence-electron chi connectivity index (χ2n) is 7.65. The molecule has 1 aliphatic heterocycles. The first-order chi connectivity index (χ1) is 13.6. The summed E-state index contributed by atoms with van der Waals surface area (Å²) in [6, 6.07) is 4.56. The molecule has 0 spiro atoms. The van der Waals surface area contributed by atoms with Gasteiger partial charge in [-0.2, -0.15) is 0 Å². The van der Waals surface area contributed by atoms with E-state index in [0.717, 1.165) is 44.2 Å². The van der Waals surface area contributed by atoms with E-state index in [1.165, 1.54) is 15.5 Å². The Morgan fingerprint density at radius 1 is 1.36 bits per heavy atom. The molecule has 2 atom stereocenters. The molecule has 0 saturated carbocycles. The van der Waals surface area contributed by atoms with Gasteiger partial charge in [0.05, 0.1) is 24.4 Å². The van der Waals surface area contributed by atoms with Crippen LogP contribution in [0.2, 0.25) is 0 Å². The number of nitrogens with one attached hydrogen (secondary N) is 2. The van der Waals surface area contributed by atoms with E-state index in [1.807, 2.05) is 6.92 Å². The molecule has 1 unspecified atom stereocenters. The zero-order valence-electron chi connectivity index (χ0n) is 16.5. The third-order valence-corrected chi connectivity index (χ3v) is 7.07. The number of aryl methyl sites for hydroxylation is 2. The number of esters is 1. The third-order valence-electron chi connectivity index (χ3n) is 5.87. The van der Waals surface area contributed by atoms with Crippen LogP contribution in [0.5, 0.6) is 0 Å². The number of hydrogen-bond acceptors (Lipinski definition) is 4. The number of carbonyl (C=O) groups excluding carboxylic acids is 2. The molecule has 1 fully saturated rings. The van der Waals surface area contributed by atoms with E-state index < -0.39 is 0 Å². The summed E-state index contributed by atoms with van der Waals surface area (Å²) in [4.78, 5) is 27.8. The van der Waals surface area contributed by atoms with Gasteiger partial charge in [-0.25, -0.2) is 4.79 Å². The molecule has 2 aliphatic rings. The zero-order chi connectivity index (χ0) is 19.7. The smallest absolute Gasteiger partial charge is 0.341 e. The number of fused-ring (bicyclic) bond motifs is 1. The minimum atomic E-state index is -0.313. The van der Waals surface area contributed by atoms with Gasteiger partial charge >= 0.3 is 5.97 Å². The Kier molecular flexibility index (Phi) is 5.55. The molecule has 0 radical (unpaired) electrons. The average molecular weight is 403 g/mol. The lowest BCUT2D eigenvalue weighted by Crippen LogP contribution is -3.11. The number of ether oxygens (including phenoxy) is 1. The molecule has 3 heterocycles. The van der Waals surface area contributed by atoms with Crippen molar-refractivity contribution in [3.8, 4) is 0 Å². The summed E-state index contributed by atoms with van der Waals surface area (Å²) >= 11 is 1.54. The zero-order valence-corrected chi connectivity index (χ0v) is 17.4. The summed E-state index contributed by atoms with van der Waals surface area (Å²) in [5.74, 6) is -0.339. The van der Waals surface area contributed by atoms with Crippen LogP contribution in [0.15, 0.2) is 18.3 Å². The van der Waals surface area contributed by atoms with Crippen molar-refractivity contribution in [3.05, 3.63) is 40.0 Å². The second-order valence-corrected chi connectivity index (χ2v) is 8.76. The molecular formula is C21H28N3O3S+. The first-order valence-corrected chi connectivity index (χ1v) is 11.0. The summed E-state index contributed by atoms with van der Waals surface area (Å²) in [5, 5.41) is 3.71. The fourth-order valence-electron chi connectivity index (χ4n) is 4.61. The monoisotopic (exact) mass is 402 g/mol.